The number of nitrogens with one attached hydrogen (secondary N) is 2. The Morgan fingerprint density at radius 2 is 1.75 bits per heavy atom. The average Bonchev–Trinajstić information content (AvgIpc) is 3.29. The molecule has 1 aliphatic carbocycles. The molecule has 1 aromatic heterocycles. The van der Waals surface area contributed by atoms with Gasteiger partial charge in [-0.25, -0.2) is 18.0 Å². The number of carbonyl (C=O) groups excluding carboxylic acids is 1. The Labute approximate surface area is 185 Å². The highest BCUT2D eigenvalue weighted by atomic mass is 32.2. The van der Waals surface area contributed by atoms with Crippen LogP contribution in [0, 0.1) is 0 Å². The first-order chi connectivity index (χ1) is 15.4. The Kier molecular flexibility index (Phi) is 6.18. The molecule has 3 aromatic rings. The molecular weight excluding hydrogens is 432 g/mol. The lowest BCUT2D eigenvalue weighted by atomic mass is 10.1. The predicted molar refractivity (Wildman–Crippen MR) is 122 cm³/mol. The van der Waals surface area contributed by atoms with Crippen molar-refractivity contribution in [2.24, 2.45) is 0 Å². The zero-order valence-electron chi connectivity index (χ0n) is 17.6. The van der Waals surface area contributed by atoms with Crippen molar-refractivity contribution in [2.45, 2.75) is 43.5 Å². The number of benzene rings is 2. The van der Waals surface area contributed by atoms with Crippen LogP contribution in [0.15, 0.2) is 62.6 Å². The van der Waals surface area contributed by atoms with Crippen molar-refractivity contribution in [3.63, 3.8) is 0 Å². The first-order valence-electron chi connectivity index (χ1n) is 10.5. The summed E-state index contributed by atoms with van der Waals surface area (Å²) in [4.78, 5) is 24.5. The normalized spacial score (nSPS) is 14.4. The lowest BCUT2D eigenvalue weighted by Crippen LogP contribution is -2.23. The van der Waals surface area contributed by atoms with Crippen LogP contribution in [0.25, 0.3) is 11.0 Å². The average molecular weight is 457 g/mol. The van der Waals surface area contributed by atoms with Crippen LogP contribution in [-0.2, 0) is 14.8 Å². The smallest absolute Gasteiger partial charge is 0.363 e. The standard InChI is InChI=1S/C23H24N2O6S/c1-2-30-22(26)15-11-13-17(14-12-15)32(28,29)25-21-20(24-16-7-3-4-8-16)18-9-5-6-10-19(18)31-23(21)27/h5-6,9-14,16,24-25H,2-4,7-8H2,1H3. The van der Waals surface area contributed by atoms with Gasteiger partial charge in [-0.05, 0) is 56.2 Å². The van der Waals surface area contributed by atoms with Crippen molar-refractivity contribution in [2.75, 3.05) is 16.6 Å². The third-order valence-corrected chi connectivity index (χ3v) is 6.79. The molecular formula is C23H24N2O6S. The van der Waals surface area contributed by atoms with E-state index in [0.29, 0.717) is 16.7 Å². The molecule has 0 unspecified atom stereocenters. The van der Waals surface area contributed by atoms with Crippen LogP contribution in [0.2, 0.25) is 0 Å². The summed E-state index contributed by atoms with van der Waals surface area (Å²) in [5, 5.41) is 3.98. The maximum absolute atomic E-state index is 13.1. The van der Waals surface area contributed by atoms with Crippen LogP contribution >= 0.6 is 0 Å². The minimum atomic E-state index is -4.12. The number of fused-ring (bicyclic) bond motifs is 1. The third-order valence-electron chi connectivity index (χ3n) is 5.43. The molecule has 1 fully saturated rings. The molecule has 0 amide bonds. The number of hydrogen-bond donors (Lipinski definition) is 2. The predicted octanol–water partition coefficient (Wildman–Crippen LogP) is 4.13. The Morgan fingerprint density at radius 3 is 2.44 bits per heavy atom. The Balaban J connectivity index is 1.72. The second-order valence-corrected chi connectivity index (χ2v) is 9.29. The lowest BCUT2D eigenvalue weighted by Gasteiger charge is -2.19. The van der Waals surface area contributed by atoms with Gasteiger partial charge >= 0.3 is 11.6 Å². The SMILES string of the molecule is CCOC(=O)c1ccc(S(=O)(=O)Nc2c(NC3CCCC3)c3ccccc3oc2=O)cc1. The van der Waals surface area contributed by atoms with Gasteiger partial charge in [-0.3, -0.25) is 4.72 Å². The molecule has 1 aliphatic rings. The fourth-order valence-electron chi connectivity index (χ4n) is 3.84. The minimum Gasteiger partial charge on any atom is -0.462 e. The number of rotatable bonds is 7. The van der Waals surface area contributed by atoms with Crippen LogP contribution in [0.3, 0.4) is 0 Å². The quantitative estimate of drug-likeness (QED) is 0.406. The highest BCUT2D eigenvalue weighted by Gasteiger charge is 2.24. The van der Waals surface area contributed by atoms with Crippen molar-refractivity contribution in [1.82, 2.24) is 0 Å². The molecule has 168 valence electrons. The van der Waals surface area contributed by atoms with Gasteiger partial charge < -0.3 is 14.5 Å². The zero-order valence-corrected chi connectivity index (χ0v) is 18.4. The maximum atomic E-state index is 13.1. The van der Waals surface area contributed by atoms with Crippen molar-refractivity contribution in [1.29, 1.82) is 0 Å². The number of anilines is 2. The number of ether oxygens (including phenoxy) is 1. The van der Waals surface area contributed by atoms with Gasteiger partial charge in [0.2, 0.25) is 0 Å². The first-order valence-corrected chi connectivity index (χ1v) is 12.0. The highest BCUT2D eigenvalue weighted by Crippen LogP contribution is 2.33. The lowest BCUT2D eigenvalue weighted by molar-refractivity contribution is 0.0526. The number of carbonyl (C=O) groups is 1. The van der Waals surface area contributed by atoms with E-state index >= 15 is 0 Å². The van der Waals surface area contributed by atoms with Gasteiger partial charge in [0.15, 0.2) is 5.69 Å². The van der Waals surface area contributed by atoms with Crippen LogP contribution in [-0.4, -0.2) is 27.0 Å². The van der Waals surface area contributed by atoms with E-state index in [1.54, 1.807) is 31.2 Å². The van der Waals surface area contributed by atoms with Gasteiger partial charge in [-0.2, -0.15) is 0 Å². The van der Waals surface area contributed by atoms with Crippen molar-refractivity contribution in [3.05, 3.63) is 64.5 Å². The molecule has 0 saturated heterocycles. The second-order valence-electron chi connectivity index (χ2n) is 7.61. The fraction of sp³-hybridized carbons (Fsp3) is 0.304. The summed E-state index contributed by atoms with van der Waals surface area (Å²) in [7, 11) is -4.12. The van der Waals surface area contributed by atoms with E-state index in [2.05, 4.69) is 10.0 Å². The van der Waals surface area contributed by atoms with E-state index in [4.69, 9.17) is 9.15 Å². The van der Waals surface area contributed by atoms with E-state index in [1.165, 1.54) is 24.3 Å². The van der Waals surface area contributed by atoms with Gasteiger partial charge in [0.05, 0.1) is 22.8 Å². The summed E-state index contributed by atoms with van der Waals surface area (Å²) in [5.74, 6) is -0.539. The van der Waals surface area contributed by atoms with E-state index in [9.17, 15) is 18.0 Å². The molecule has 2 N–H and O–H groups in total. The highest BCUT2D eigenvalue weighted by molar-refractivity contribution is 7.92. The number of hydrogen-bond acceptors (Lipinski definition) is 7. The summed E-state index contributed by atoms with van der Waals surface area (Å²) >= 11 is 0. The molecule has 1 heterocycles. The molecule has 8 nitrogen and oxygen atoms in total. The van der Waals surface area contributed by atoms with Gasteiger partial charge in [0.25, 0.3) is 10.0 Å². The van der Waals surface area contributed by atoms with Gasteiger partial charge in [-0.1, -0.05) is 25.0 Å². The van der Waals surface area contributed by atoms with Crippen LogP contribution in [0.1, 0.15) is 43.0 Å². The molecule has 0 atom stereocenters. The van der Waals surface area contributed by atoms with Crippen molar-refractivity contribution in [3.8, 4) is 0 Å². The molecule has 4 rings (SSSR count). The molecule has 2 aromatic carbocycles. The van der Waals surface area contributed by atoms with E-state index in [0.717, 1.165) is 25.7 Å². The summed E-state index contributed by atoms with van der Waals surface area (Å²) in [5.41, 5.74) is 0.0794. The molecule has 32 heavy (non-hydrogen) atoms. The fourth-order valence-corrected chi connectivity index (χ4v) is 4.91. The number of sulfonamides is 1. The monoisotopic (exact) mass is 456 g/mol. The summed E-state index contributed by atoms with van der Waals surface area (Å²) in [6.07, 6.45) is 4.03. The minimum absolute atomic E-state index is 0.0927. The molecule has 1 saturated carbocycles. The molecule has 9 heteroatoms. The van der Waals surface area contributed by atoms with Crippen molar-refractivity contribution >= 4 is 38.3 Å². The molecule has 0 spiro atoms. The topological polar surface area (TPSA) is 115 Å². The van der Waals surface area contributed by atoms with Crippen LogP contribution < -0.4 is 15.7 Å². The third kappa shape index (κ3) is 4.47. The van der Waals surface area contributed by atoms with Gasteiger partial charge in [0.1, 0.15) is 5.58 Å². The Bertz CT molecular complexity index is 1290. The first kappa shape index (κ1) is 21.9. The van der Waals surface area contributed by atoms with Crippen molar-refractivity contribution < 1.29 is 22.4 Å². The Hall–Kier alpha value is -3.33. The Morgan fingerprint density at radius 1 is 1.06 bits per heavy atom. The molecule has 0 bridgehead atoms. The number of para-hydroxylation sites is 1. The summed E-state index contributed by atoms with van der Waals surface area (Å²) in [6.45, 7) is 1.90. The number of esters is 1. The largest absolute Gasteiger partial charge is 0.462 e. The van der Waals surface area contributed by atoms with E-state index in [1.807, 2.05) is 0 Å². The molecule has 0 aliphatic heterocycles. The zero-order chi connectivity index (χ0) is 22.7. The summed E-state index contributed by atoms with van der Waals surface area (Å²) < 4.78 is 38.8. The van der Waals surface area contributed by atoms with E-state index in [-0.39, 0.29) is 28.8 Å². The van der Waals surface area contributed by atoms with Gasteiger partial charge in [-0.15, -0.1) is 0 Å². The van der Waals surface area contributed by atoms with E-state index < -0.39 is 21.6 Å². The summed E-state index contributed by atoms with van der Waals surface area (Å²) in [6, 6.07) is 12.5. The maximum Gasteiger partial charge on any atom is 0.363 e. The molecule has 0 radical (unpaired) electrons. The van der Waals surface area contributed by atoms with Gasteiger partial charge in [0, 0.05) is 11.4 Å². The van der Waals surface area contributed by atoms with Crippen LogP contribution in [0.5, 0.6) is 0 Å². The second kappa shape index (κ2) is 9.04. The van der Waals surface area contributed by atoms with Crippen LogP contribution in [0.4, 0.5) is 11.4 Å².